The van der Waals surface area contributed by atoms with Gasteiger partial charge in [0.1, 0.15) is 0 Å². The van der Waals surface area contributed by atoms with Gasteiger partial charge in [-0.25, -0.2) is 0 Å². The predicted octanol–water partition coefficient (Wildman–Crippen LogP) is 0.721. The van der Waals surface area contributed by atoms with E-state index >= 15 is 0 Å². The Kier molecular flexibility index (Phi) is 3.13. The van der Waals surface area contributed by atoms with E-state index in [0.717, 1.165) is 13.0 Å². The maximum atomic E-state index is 10.7. The number of carbonyl (C=O) groups is 1. The SMILES string of the molecule is C#CC(=O)CCC1CCCN1. The number of hydrogen-bond acceptors (Lipinski definition) is 2. The van der Waals surface area contributed by atoms with Crippen molar-refractivity contribution < 1.29 is 4.79 Å². The molecule has 1 fully saturated rings. The van der Waals surface area contributed by atoms with Crippen molar-refractivity contribution in [3.63, 3.8) is 0 Å². The van der Waals surface area contributed by atoms with E-state index in [1.807, 2.05) is 0 Å². The quantitative estimate of drug-likeness (QED) is 0.475. The van der Waals surface area contributed by atoms with Gasteiger partial charge in [-0.1, -0.05) is 0 Å². The van der Waals surface area contributed by atoms with Crippen molar-refractivity contribution in [1.29, 1.82) is 0 Å². The van der Waals surface area contributed by atoms with Crippen molar-refractivity contribution in [3.8, 4) is 12.3 Å². The normalized spacial score (nSPS) is 23.0. The maximum absolute atomic E-state index is 10.7. The molecule has 0 aromatic rings. The van der Waals surface area contributed by atoms with Crippen LogP contribution in [0, 0.1) is 12.3 Å². The highest BCUT2D eigenvalue weighted by molar-refractivity contribution is 5.94. The van der Waals surface area contributed by atoms with Crippen LogP contribution in [0.2, 0.25) is 0 Å². The average Bonchev–Trinajstić information content (AvgIpc) is 2.52. The van der Waals surface area contributed by atoms with E-state index in [0.29, 0.717) is 12.5 Å². The molecule has 1 saturated heterocycles. The highest BCUT2D eigenvalue weighted by Crippen LogP contribution is 2.10. The van der Waals surface area contributed by atoms with Crippen molar-refractivity contribution in [1.82, 2.24) is 5.32 Å². The van der Waals surface area contributed by atoms with E-state index in [-0.39, 0.29) is 5.78 Å². The second-order valence-corrected chi connectivity index (χ2v) is 2.90. The first kappa shape index (κ1) is 8.29. The molecule has 2 heteroatoms. The summed E-state index contributed by atoms with van der Waals surface area (Å²) in [6.07, 6.45) is 8.80. The number of ketones is 1. The van der Waals surface area contributed by atoms with E-state index in [9.17, 15) is 4.79 Å². The van der Waals surface area contributed by atoms with Crippen molar-refractivity contribution >= 4 is 5.78 Å². The molecule has 1 N–H and O–H groups in total. The standard InChI is InChI=1S/C9H13NO/c1-2-9(11)6-5-8-4-3-7-10-8/h1,8,10H,3-7H2. The molecule has 0 aromatic heterocycles. The van der Waals surface area contributed by atoms with Crippen molar-refractivity contribution in [2.75, 3.05) is 6.54 Å². The minimum Gasteiger partial charge on any atom is -0.314 e. The van der Waals surface area contributed by atoms with Gasteiger partial charge in [0.25, 0.3) is 0 Å². The monoisotopic (exact) mass is 151 g/mol. The summed E-state index contributed by atoms with van der Waals surface area (Å²) < 4.78 is 0. The Hall–Kier alpha value is -0.810. The van der Waals surface area contributed by atoms with Gasteiger partial charge in [-0.15, -0.1) is 6.42 Å². The van der Waals surface area contributed by atoms with E-state index in [1.165, 1.54) is 12.8 Å². The summed E-state index contributed by atoms with van der Waals surface area (Å²) in [6, 6.07) is 0.535. The molecule has 60 valence electrons. The molecule has 2 nitrogen and oxygen atoms in total. The third-order valence-corrected chi connectivity index (χ3v) is 2.04. The van der Waals surface area contributed by atoms with Crippen LogP contribution >= 0.6 is 0 Å². The fourth-order valence-electron chi connectivity index (χ4n) is 1.38. The Bertz CT molecular complexity index is 174. The van der Waals surface area contributed by atoms with E-state index in [1.54, 1.807) is 0 Å². The Morgan fingerprint density at radius 2 is 2.55 bits per heavy atom. The molecule has 0 aromatic carbocycles. The molecule has 0 radical (unpaired) electrons. The van der Waals surface area contributed by atoms with Crippen LogP contribution in [0.1, 0.15) is 25.7 Å². The van der Waals surface area contributed by atoms with Gasteiger partial charge in [-0.2, -0.15) is 0 Å². The minimum absolute atomic E-state index is 0.0706. The largest absolute Gasteiger partial charge is 0.314 e. The van der Waals surface area contributed by atoms with Crippen LogP contribution < -0.4 is 5.32 Å². The Morgan fingerprint density at radius 3 is 3.09 bits per heavy atom. The summed E-state index contributed by atoms with van der Waals surface area (Å²) in [5.74, 6) is 2.05. The number of hydrogen-bond donors (Lipinski definition) is 1. The summed E-state index contributed by atoms with van der Waals surface area (Å²) in [7, 11) is 0. The van der Waals surface area contributed by atoms with E-state index in [4.69, 9.17) is 6.42 Å². The Morgan fingerprint density at radius 1 is 1.73 bits per heavy atom. The fourth-order valence-corrected chi connectivity index (χ4v) is 1.38. The smallest absolute Gasteiger partial charge is 0.205 e. The van der Waals surface area contributed by atoms with Gasteiger partial charge in [0.05, 0.1) is 0 Å². The molecule has 0 spiro atoms. The van der Waals surface area contributed by atoms with E-state index < -0.39 is 0 Å². The lowest BCUT2D eigenvalue weighted by molar-refractivity contribution is -0.114. The molecule has 1 heterocycles. The zero-order valence-corrected chi connectivity index (χ0v) is 6.60. The molecule has 1 aliphatic rings. The summed E-state index contributed by atoms with van der Waals surface area (Å²) >= 11 is 0. The van der Waals surface area contributed by atoms with Crippen molar-refractivity contribution in [2.24, 2.45) is 0 Å². The van der Waals surface area contributed by atoms with Gasteiger partial charge < -0.3 is 5.32 Å². The molecular formula is C9H13NO. The maximum Gasteiger partial charge on any atom is 0.205 e. The fraction of sp³-hybridized carbons (Fsp3) is 0.667. The summed E-state index contributed by atoms with van der Waals surface area (Å²) in [5, 5.41) is 3.32. The summed E-state index contributed by atoms with van der Waals surface area (Å²) in [6.45, 7) is 1.09. The Labute approximate surface area is 67.4 Å². The number of carbonyl (C=O) groups excluding carboxylic acids is 1. The molecule has 1 atom stereocenters. The molecule has 1 unspecified atom stereocenters. The lowest BCUT2D eigenvalue weighted by Crippen LogP contribution is -2.21. The highest BCUT2D eigenvalue weighted by atomic mass is 16.1. The lowest BCUT2D eigenvalue weighted by Gasteiger charge is -2.06. The first-order valence-electron chi connectivity index (χ1n) is 4.06. The van der Waals surface area contributed by atoms with Crippen molar-refractivity contribution in [2.45, 2.75) is 31.7 Å². The van der Waals surface area contributed by atoms with Crippen LogP contribution in [-0.4, -0.2) is 18.4 Å². The van der Waals surface area contributed by atoms with Crippen LogP contribution in [-0.2, 0) is 4.79 Å². The number of nitrogens with one attached hydrogen (secondary N) is 1. The van der Waals surface area contributed by atoms with Gasteiger partial charge in [0, 0.05) is 12.5 Å². The van der Waals surface area contributed by atoms with Gasteiger partial charge >= 0.3 is 0 Å². The molecule has 0 amide bonds. The molecule has 0 aliphatic carbocycles. The third kappa shape index (κ3) is 2.73. The van der Waals surface area contributed by atoms with Crippen LogP contribution in [0.5, 0.6) is 0 Å². The summed E-state index contributed by atoms with van der Waals surface area (Å²) in [4.78, 5) is 10.7. The van der Waals surface area contributed by atoms with Crippen LogP contribution in [0.3, 0.4) is 0 Å². The second kappa shape index (κ2) is 4.15. The molecular weight excluding hydrogens is 138 g/mol. The number of rotatable bonds is 3. The third-order valence-electron chi connectivity index (χ3n) is 2.04. The predicted molar refractivity (Wildman–Crippen MR) is 44.1 cm³/mol. The van der Waals surface area contributed by atoms with Gasteiger partial charge in [-0.05, 0) is 31.7 Å². The zero-order valence-electron chi connectivity index (χ0n) is 6.60. The topological polar surface area (TPSA) is 29.1 Å². The second-order valence-electron chi connectivity index (χ2n) is 2.90. The van der Waals surface area contributed by atoms with Crippen molar-refractivity contribution in [3.05, 3.63) is 0 Å². The van der Waals surface area contributed by atoms with Gasteiger partial charge in [0.2, 0.25) is 5.78 Å². The molecule has 1 aliphatic heterocycles. The molecule has 11 heavy (non-hydrogen) atoms. The van der Waals surface area contributed by atoms with Crippen LogP contribution in [0.15, 0.2) is 0 Å². The minimum atomic E-state index is -0.0706. The highest BCUT2D eigenvalue weighted by Gasteiger charge is 2.14. The number of Topliss-reactive ketones (excluding diaryl/α,β-unsaturated/α-hetero) is 1. The average molecular weight is 151 g/mol. The zero-order chi connectivity index (χ0) is 8.10. The Balaban J connectivity index is 2.12. The van der Waals surface area contributed by atoms with Gasteiger partial charge in [-0.3, -0.25) is 4.79 Å². The van der Waals surface area contributed by atoms with E-state index in [2.05, 4.69) is 11.2 Å². The molecule has 0 saturated carbocycles. The lowest BCUT2D eigenvalue weighted by atomic mass is 10.1. The molecule has 0 bridgehead atoms. The van der Waals surface area contributed by atoms with Crippen LogP contribution in [0.25, 0.3) is 0 Å². The molecule has 1 rings (SSSR count). The number of terminal acetylenes is 1. The van der Waals surface area contributed by atoms with Crippen LogP contribution in [0.4, 0.5) is 0 Å². The summed E-state index contributed by atoms with van der Waals surface area (Å²) in [5.41, 5.74) is 0. The first-order chi connectivity index (χ1) is 5.33. The first-order valence-corrected chi connectivity index (χ1v) is 4.06. The van der Waals surface area contributed by atoms with Gasteiger partial charge in [0.15, 0.2) is 0 Å².